The van der Waals surface area contributed by atoms with Gasteiger partial charge in [-0.05, 0) is 25.1 Å². The fraction of sp³-hybridized carbons (Fsp3) is 0.353. The number of amides is 2. The number of aromatic carboxylic acids is 1. The number of rotatable bonds is 3. The summed E-state index contributed by atoms with van der Waals surface area (Å²) in [6, 6.07) is 3.96. The van der Waals surface area contributed by atoms with E-state index >= 15 is 0 Å². The number of carbonyl (C=O) groups excluding carboxylic acids is 2. The van der Waals surface area contributed by atoms with Crippen LogP contribution < -0.4 is 4.90 Å². The normalized spacial score (nSPS) is 35.6. The molecule has 4 rings (SSSR count). The van der Waals surface area contributed by atoms with Gasteiger partial charge in [-0.2, -0.15) is 0 Å². The van der Waals surface area contributed by atoms with E-state index in [0.717, 1.165) is 4.90 Å². The van der Waals surface area contributed by atoms with Gasteiger partial charge in [0.1, 0.15) is 5.60 Å². The molecule has 4 atom stereocenters. The van der Waals surface area contributed by atoms with Gasteiger partial charge in [-0.3, -0.25) is 9.59 Å². The average molecular weight is 364 g/mol. The predicted octanol–water partition coefficient (Wildman–Crippen LogP) is 1.23. The summed E-state index contributed by atoms with van der Waals surface area (Å²) < 4.78 is 5.83. The van der Waals surface area contributed by atoms with Crippen LogP contribution in [0.1, 0.15) is 17.3 Å². The van der Waals surface area contributed by atoms with Crippen molar-refractivity contribution >= 4 is 35.1 Å². The number of nitrogens with zero attached hydrogens (tertiary/aromatic N) is 1. The molecule has 0 saturated carbocycles. The van der Waals surface area contributed by atoms with Gasteiger partial charge in [0.05, 0.1) is 40.3 Å². The lowest BCUT2D eigenvalue weighted by molar-refractivity contribution is -0.131. The van der Waals surface area contributed by atoms with Crippen molar-refractivity contribution in [3.8, 4) is 0 Å². The quantitative estimate of drug-likeness (QED) is 0.618. The summed E-state index contributed by atoms with van der Waals surface area (Å²) in [5.41, 5.74) is -2.25. The van der Waals surface area contributed by atoms with Crippen molar-refractivity contribution in [1.29, 1.82) is 0 Å². The second-order valence-corrected chi connectivity index (χ2v) is 7.08. The van der Waals surface area contributed by atoms with Gasteiger partial charge >= 0.3 is 5.97 Å². The zero-order valence-corrected chi connectivity index (χ0v) is 13.9. The Balaban J connectivity index is 1.81. The molecule has 0 aromatic heterocycles. The first kappa shape index (κ1) is 16.3. The van der Waals surface area contributed by atoms with Gasteiger partial charge in [0.15, 0.2) is 0 Å². The summed E-state index contributed by atoms with van der Waals surface area (Å²) in [4.78, 5) is 38.1. The van der Waals surface area contributed by atoms with E-state index in [-0.39, 0.29) is 16.3 Å². The summed E-state index contributed by atoms with van der Waals surface area (Å²) in [6.45, 7) is 1.28. The molecule has 25 heavy (non-hydrogen) atoms. The molecule has 8 heteroatoms. The van der Waals surface area contributed by atoms with Crippen molar-refractivity contribution in [3.63, 3.8) is 0 Å². The highest BCUT2D eigenvalue weighted by molar-refractivity contribution is 6.34. The number of hydrogen-bond donors (Lipinski definition) is 2. The van der Waals surface area contributed by atoms with Crippen molar-refractivity contribution in [2.24, 2.45) is 11.8 Å². The topological polar surface area (TPSA) is 104 Å². The minimum atomic E-state index is -1.25. The van der Waals surface area contributed by atoms with Gasteiger partial charge in [-0.15, -0.1) is 0 Å². The molecular weight excluding hydrogens is 350 g/mol. The van der Waals surface area contributed by atoms with Gasteiger partial charge in [0.25, 0.3) is 0 Å². The van der Waals surface area contributed by atoms with E-state index in [9.17, 15) is 24.6 Å². The van der Waals surface area contributed by atoms with Crippen LogP contribution in [0, 0.1) is 11.8 Å². The summed E-state index contributed by atoms with van der Waals surface area (Å²) >= 11 is 5.86. The van der Waals surface area contributed by atoms with Crippen LogP contribution in [0.4, 0.5) is 5.69 Å². The number of benzene rings is 1. The Morgan fingerprint density at radius 1 is 1.28 bits per heavy atom. The standard InChI is InChI=1S/C17H14ClNO6/c1-16-4-5-17(7-20,25-16)12-11(16)13(21)19(14(12)22)8-2-3-10(18)9(6-8)15(23)24/h2-6,11-12,20H,7H2,1H3,(H,23,24)/t11-,12+,16-,17+/m1/s1. The molecule has 2 fully saturated rings. The van der Waals surface area contributed by atoms with E-state index in [1.165, 1.54) is 18.2 Å². The van der Waals surface area contributed by atoms with Crippen molar-refractivity contribution in [2.45, 2.75) is 18.1 Å². The van der Waals surface area contributed by atoms with E-state index in [2.05, 4.69) is 0 Å². The first-order valence-corrected chi connectivity index (χ1v) is 8.04. The fourth-order valence-corrected chi connectivity index (χ4v) is 4.31. The van der Waals surface area contributed by atoms with Crippen LogP contribution in [0.25, 0.3) is 0 Å². The van der Waals surface area contributed by atoms with Crippen molar-refractivity contribution in [2.75, 3.05) is 11.5 Å². The van der Waals surface area contributed by atoms with Crippen molar-refractivity contribution in [3.05, 3.63) is 40.9 Å². The van der Waals surface area contributed by atoms with E-state index < -0.39 is 47.4 Å². The highest BCUT2D eigenvalue weighted by Gasteiger charge is 2.72. The van der Waals surface area contributed by atoms with Gasteiger partial charge in [-0.25, -0.2) is 9.69 Å². The molecule has 3 aliphatic heterocycles. The Morgan fingerprint density at radius 3 is 2.60 bits per heavy atom. The molecule has 2 bridgehead atoms. The number of halogens is 1. The summed E-state index contributed by atoms with van der Waals surface area (Å²) in [5, 5.41) is 19.0. The Morgan fingerprint density at radius 2 is 1.96 bits per heavy atom. The second kappa shape index (κ2) is 4.91. The Hall–Kier alpha value is -2.22. The number of ether oxygens (including phenoxy) is 1. The van der Waals surface area contributed by atoms with E-state index in [1.54, 1.807) is 19.1 Å². The van der Waals surface area contributed by atoms with Crippen LogP contribution in [0.3, 0.4) is 0 Å². The van der Waals surface area contributed by atoms with Crippen molar-refractivity contribution in [1.82, 2.24) is 0 Å². The third-order valence-electron chi connectivity index (χ3n) is 5.24. The van der Waals surface area contributed by atoms with Gasteiger partial charge in [0.2, 0.25) is 11.8 Å². The van der Waals surface area contributed by atoms with E-state index in [1.807, 2.05) is 0 Å². The monoisotopic (exact) mass is 363 g/mol. The lowest BCUT2D eigenvalue weighted by Crippen LogP contribution is -2.43. The fourth-order valence-electron chi connectivity index (χ4n) is 4.11. The summed E-state index contributed by atoms with van der Waals surface area (Å²) in [6.07, 6.45) is 3.33. The molecule has 0 spiro atoms. The first-order valence-electron chi connectivity index (χ1n) is 7.66. The second-order valence-electron chi connectivity index (χ2n) is 6.67. The number of carbonyl (C=O) groups is 3. The highest BCUT2D eigenvalue weighted by atomic mass is 35.5. The molecule has 2 saturated heterocycles. The van der Waals surface area contributed by atoms with Gasteiger partial charge < -0.3 is 14.9 Å². The molecule has 1 aromatic rings. The number of fused-ring (bicyclic) bond motifs is 5. The maximum absolute atomic E-state index is 13.0. The number of anilines is 1. The number of hydrogen-bond acceptors (Lipinski definition) is 5. The molecule has 1 aromatic carbocycles. The molecule has 2 N–H and O–H groups in total. The minimum Gasteiger partial charge on any atom is -0.478 e. The third-order valence-corrected chi connectivity index (χ3v) is 5.57. The Labute approximate surface area is 147 Å². The van der Waals surface area contributed by atoms with Crippen LogP contribution in [0.5, 0.6) is 0 Å². The minimum absolute atomic E-state index is 0.0133. The van der Waals surface area contributed by atoms with Gasteiger partial charge in [-0.1, -0.05) is 23.8 Å². The number of aliphatic hydroxyl groups excluding tert-OH is 1. The number of carboxylic acids is 1. The predicted molar refractivity (Wildman–Crippen MR) is 86.3 cm³/mol. The molecule has 7 nitrogen and oxygen atoms in total. The van der Waals surface area contributed by atoms with Crippen molar-refractivity contribution < 1.29 is 29.3 Å². The molecule has 0 radical (unpaired) electrons. The third kappa shape index (κ3) is 1.91. The average Bonchev–Trinajstić information content (AvgIpc) is 3.14. The van der Waals surface area contributed by atoms with Crippen LogP contribution in [-0.2, 0) is 14.3 Å². The molecule has 3 aliphatic rings. The Bertz CT molecular complexity index is 867. The first-order chi connectivity index (χ1) is 11.7. The van der Waals surface area contributed by atoms with E-state index in [4.69, 9.17) is 16.3 Å². The number of aliphatic hydroxyl groups is 1. The smallest absolute Gasteiger partial charge is 0.337 e. The van der Waals surface area contributed by atoms with Crippen LogP contribution in [0.15, 0.2) is 30.4 Å². The number of carboxylic acid groups (broad SMARTS) is 1. The lowest BCUT2D eigenvalue weighted by Gasteiger charge is -2.27. The molecular formula is C17H14ClNO6. The van der Waals surface area contributed by atoms with E-state index in [0.29, 0.717) is 0 Å². The lowest BCUT2D eigenvalue weighted by atomic mass is 9.73. The molecule has 3 heterocycles. The largest absolute Gasteiger partial charge is 0.478 e. The Kier molecular flexibility index (Phi) is 3.19. The SMILES string of the molecule is C[C@]12C=C[C@@](CO)(O1)[C@@H]1C(=O)N(c3ccc(Cl)c(C(=O)O)c3)C(=O)[C@@H]12. The zero-order chi connectivity index (χ0) is 18.1. The summed E-state index contributed by atoms with van der Waals surface area (Å²) in [7, 11) is 0. The molecule has 0 unspecified atom stereocenters. The maximum Gasteiger partial charge on any atom is 0.337 e. The van der Waals surface area contributed by atoms with Crippen LogP contribution >= 0.6 is 11.6 Å². The zero-order valence-electron chi connectivity index (χ0n) is 13.1. The van der Waals surface area contributed by atoms with Crippen LogP contribution in [-0.4, -0.2) is 45.8 Å². The van der Waals surface area contributed by atoms with Crippen LogP contribution in [0.2, 0.25) is 5.02 Å². The number of imide groups is 1. The maximum atomic E-state index is 13.0. The highest BCUT2D eigenvalue weighted by Crippen LogP contribution is 2.57. The molecule has 130 valence electrons. The molecule has 0 aliphatic carbocycles. The van der Waals surface area contributed by atoms with Gasteiger partial charge in [0, 0.05) is 0 Å². The summed E-state index contributed by atoms with van der Waals surface area (Å²) in [5.74, 6) is -3.85. The molecule has 2 amide bonds.